The van der Waals surface area contributed by atoms with E-state index in [2.05, 4.69) is 4.72 Å². The summed E-state index contributed by atoms with van der Waals surface area (Å²) in [4.78, 5) is 11.7. The first kappa shape index (κ1) is 17.8. The molecule has 0 spiro atoms. The smallest absolute Gasteiger partial charge is 0.307 e. The number of carbonyl (C=O) groups is 1. The van der Waals surface area contributed by atoms with E-state index in [9.17, 15) is 9.35 Å². The van der Waals surface area contributed by atoms with Gasteiger partial charge in [0.25, 0.3) is 0 Å². The van der Waals surface area contributed by atoms with Crippen molar-refractivity contribution in [3.8, 4) is 0 Å². The summed E-state index contributed by atoms with van der Waals surface area (Å²) in [5, 5.41) is 0. The van der Waals surface area contributed by atoms with Gasteiger partial charge in [-0.05, 0) is 46.5 Å². The van der Waals surface area contributed by atoms with Crippen molar-refractivity contribution in [2.24, 2.45) is 5.92 Å². The molecule has 0 aliphatic carbocycles. The molecule has 1 aliphatic heterocycles. The second-order valence-electron chi connectivity index (χ2n) is 6.54. The summed E-state index contributed by atoms with van der Waals surface area (Å²) in [5.41, 5.74) is -0.533. The van der Waals surface area contributed by atoms with Gasteiger partial charge in [-0.25, -0.2) is 0 Å². The average Bonchev–Trinajstić information content (AvgIpc) is 2.38. The molecule has 1 rings (SSSR count). The minimum Gasteiger partial charge on any atom is -0.598 e. The Hall–Kier alpha value is -0.300. The molecular weight excluding hydrogens is 278 g/mol. The number of ether oxygens (including phenoxy) is 2. The second kappa shape index (κ2) is 7.11. The average molecular weight is 305 g/mol. The van der Waals surface area contributed by atoms with Crippen LogP contribution in [0.15, 0.2) is 0 Å². The van der Waals surface area contributed by atoms with Crippen molar-refractivity contribution in [2.45, 2.75) is 57.2 Å². The lowest BCUT2D eigenvalue weighted by atomic mass is 9.79. The molecule has 6 heteroatoms. The molecule has 1 heterocycles. The van der Waals surface area contributed by atoms with Crippen LogP contribution in [-0.2, 0) is 25.6 Å². The summed E-state index contributed by atoms with van der Waals surface area (Å²) >= 11 is -1.23. The maximum Gasteiger partial charge on any atom is 0.307 e. The molecule has 0 radical (unpaired) electrons. The van der Waals surface area contributed by atoms with Crippen LogP contribution in [0.5, 0.6) is 0 Å². The van der Waals surface area contributed by atoms with E-state index >= 15 is 0 Å². The molecule has 20 heavy (non-hydrogen) atoms. The predicted molar refractivity (Wildman–Crippen MR) is 79.6 cm³/mol. The third-order valence-electron chi connectivity index (χ3n) is 3.74. The molecule has 5 nitrogen and oxygen atoms in total. The molecule has 1 saturated heterocycles. The number of esters is 1. The molecule has 1 N–H and O–H groups in total. The van der Waals surface area contributed by atoms with Gasteiger partial charge in [0.15, 0.2) is 0 Å². The van der Waals surface area contributed by atoms with Gasteiger partial charge >= 0.3 is 5.97 Å². The molecule has 0 aromatic rings. The van der Waals surface area contributed by atoms with Crippen molar-refractivity contribution < 1.29 is 18.8 Å². The molecule has 0 bridgehead atoms. The van der Waals surface area contributed by atoms with Gasteiger partial charge in [-0.15, -0.1) is 4.72 Å². The van der Waals surface area contributed by atoms with E-state index in [0.717, 1.165) is 12.8 Å². The van der Waals surface area contributed by atoms with Crippen LogP contribution < -0.4 is 4.72 Å². The van der Waals surface area contributed by atoms with Crippen LogP contribution >= 0.6 is 0 Å². The molecular formula is C14H27NO4S. The predicted octanol–water partition coefficient (Wildman–Crippen LogP) is 1.79. The van der Waals surface area contributed by atoms with Crippen LogP contribution in [0.4, 0.5) is 0 Å². The lowest BCUT2D eigenvalue weighted by molar-refractivity contribution is -0.143. The van der Waals surface area contributed by atoms with Gasteiger partial charge < -0.3 is 14.0 Å². The fraction of sp³-hybridized carbons (Fsp3) is 0.929. The van der Waals surface area contributed by atoms with Crippen LogP contribution in [0.25, 0.3) is 0 Å². The van der Waals surface area contributed by atoms with Crippen LogP contribution in [0.3, 0.4) is 0 Å². The summed E-state index contributed by atoms with van der Waals surface area (Å²) in [6.07, 6.45) is 1.94. The van der Waals surface area contributed by atoms with Crippen LogP contribution in [0.2, 0.25) is 0 Å². The van der Waals surface area contributed by atoms with Gasteiger partial charge in [0, 0.05) is 24.6 Å². The Morgan fingerprint density at radius 3 is 2.35 bits per heavy atom. The Labute approximate surface area is 125 Å². The Balaban J connectivity index is 2.84. The minimum absolute atomic E-state index is 0.218. The van der Waals surface area contributed by atoms with Gasteiger partial charge in [-0.1, -0.05) is 0 Å². The fourth-order valence-corrected chi connectivity index (χ4v) is 3.30. The first-order valence-corrected chi connectivity index (χ1v) is 8.18. The van der Waals surface area contributed by atoms with Gasteiger partial charge in [0.05, 0.1) is 19.1 Å². The van der Waals surface area contributed by atoms with Crippen LogP contribution in [0, 0.1) is 5.92 Å². The fourth-order valence-electron chi connectivity index (χ4n) is 2.34. The number of carbonyl (C=O) groups excluding carboxylic acids is 1. The van der Waals surface area contributed by atoms with Crippen LogP contribution in [0.1, 0.15) is 47.0 Å². The monoisotopic (exact) mass is 305 g/mol. The van der Waals surface area contributed by atoms with Gasteiger partial charge in [0.1, 0.15) is 4.75 Å². The van der Waals surface area contributed by atoms with Crippen molar-refractivity contribution in [2.75, 3.05) is 20.3 Å². The minimum atomic E-state index is -1.23. The molecule has 1 fully saturated rings. The second-order valence-corrected chi connectivity index (χ2v) is 8.51. The van der Waals surface area contributed by atoms with Crippen molar-refractivity contribution in [1.82, 2.24) is 4.72 Å². The Morgan fingerprint density at radius 1 is 1.35 bits per heavy atom. The quantitative estimate of drug-likeness (QED) is 0.619. The Bertz CT molecular complexity index is 326. The molecule has 0 saturated carbocycles. The standard InChI is InChI=1S/C14H27NO4S/c1-13(2,3)20(17)15-14(4,10-12(16)18-5)11-6-8-19-9-7-11/h11,15H,6-10H2,1-5H3/t14-,20?/m0/s1. The summed E-state index contributed by atoms with van der Waals surface area (Å²) in [6, 6.07) is 0. The first-order valence-electron chi connectivity index (χ1n) is 7.03. The number of nitrogens with one attached hydrogen (secondary N) is 1. The summed E-state index contributed by atoms with van der Waals surface area (Å²) in [7, 11) is 1.38. The van der Waals surface area contributed by atoms with Crippen molar-refractivity contribution >= 4 is 17.3 Å². The largest absolute Gasteiger partial charge is 0.598 e. The number of hydrogen-bond donors (Lipinski definition) is 1. The van der Waals surface area contributed by atoms with E-state index in [4.69, 9.17) is 9.47 Å². The normalized spacial score (nSPS) is 22.1. The topological polar surface area (TPSA) is 70.6 Å². The molecule has 0 aromatic heterocycles. The summed E-state index contributed by atoms with van der Waals surface area (Å²) < 4.78 is 25.4. The first-order chi connectivity index (χ1) is 9.19. The lowest BCUT2D eigenvalue weighted by Crippen LogP contribution is -2.57. The molecule has 1 aliphatic rings. The van der Waals surface area contributed by atoms with E-state index in [0.29, 0.717) is 13.2 Å². The Kier molecular flexibility index (Phi) is 6.31. The molecule has 1 unspecified atom stereocenters. The molecule has 2 atom stereocenters. The van der Waals surface area contributed by atoms with Gasteiger partial charge in [-0.3, -0.25) is 4.79 Å². The highest BCUT2D eigenvalue weighted by molar-refractivity contribution is 7.90. The van der Waals surface area contributed by atoms with Crippen molar-refractivity contribution in [1.29, 1.82) is 0 Å². The third kappa shape index (κ3) is 4.91. The highest BCUT2D eigenvalue weighted by Gasteiger charge is 2.43. The third-order valence-corrected chi connectivity index (χ3v) is 5.51. The zero-order chi connectivity index (χ0) is 15.4. The van der Waals surface area contributed by atoms with Crippen LogP contribution in [-0.4, -0.2) is 41.1 Å². The highest BCUT2D eigenvalue weighted by Crippen LogP contribution is 2.32. The number of hydrogen-bond acceptors (Lipinski definition) is 5. The zero-order valence-electron chi connectivity index (χ0n) is 13.2. The van der Waals surface area contributed by atoms with Crippen molar-refractivity contribution in [3.05, 3.63) is 0 Å². The molecule has 118 valence electrons. The number of methoxy groups -OCH3 is 1. The van der Waals surface area contributed by atoms with E-state index in [1.54, 1.807) is 0 Å². The van der Waals surface area contributed by atoms with E-state index in [1.165, 1.54) is 7.11 Å². The van der Waals surface area contributed by atoms with Crippen molar-refractivity contribution in [3.63, 3.8) is 0 Å². The van der Waals surface area contributed by atoms with Gasteiger partial charge in [0.2, 0.25) is 0 Å². The maximum atomic E-state index is 12.4. The van der Waals surface area contributed by atoms with E-state index in [-0.39, 0.29) is 23.1 Å². The van der Waals surface area contributed by atoms with E-state index < -0.39 is 16.9 Å². The zero-order valence-corrected chi connectivity index (χ0v) is 14.0. The Morgan fingerprint density at radius 2 is 1.90 bits per heavy atom. The maximum absolute atomic E-state index is 12.4. The SMILES string of the molecule is COC(=O)C[C@](C)(N[S+]([O-])C(C)(C)C)C1CCOCC1. The summed E-state index contributed by atoms with van der Waals surface area (Å²) in [5.74, 6) is -0.0287. The molecule has 0 amide bonds. The lowest BCUT2D eigenvalue weighted by Gasteiger charge is -2.41. The summed E-state index contributed by atoms with van der Waals surface area (Å²) in [6.45, 7) is 9.08. The van der Waals surface area contributed by atoms with Gasteiger partial charge in [-0.2, -0.15) is 0 Å². The van der Waals surface area contributed by atoms with E-state index in [1.807, 2.05) is 27.7 Å². The number of rotatable bonds is 5. The molecule has 0 aromatic carbocycles. The highest BCUT2D eigenvalue weighted by atomic mass is 32.2.